The van der Waals surface area contributed by atoms with Gasteiger partial charge in [0.15, 0.2) is 6.61 Å². The molecule has 138 valence electrons. The summed E-state index contributed by atoms with van der Waals surface area (Å²) in [6.07, 6.45) is 0.156. The zero-order valence-electron chi connectivity index (χ0n) is 15.2. The van der Waals surface area contributed by atoms with Crippen LogP contribution in [0.2, 0.25) is 0 Å². The molecule has 1 unspecified atom stereocenters. The Bertz CT molecular complexity index is 559. The van der Waals surface area contributed by atoms with Crippen LogP contribution in [0.15, 0.2) is 18.2 Å². The maximum absolute atomic E-state index is 12.4. The van der Waals surface area contributed by atoms with Gasteiger partial charge < -0.3 is 19.1 Å². The zero-order valence-corrected chi connectivity index (χ0v) is 15.2. The SMILES string of the molecule is Cc1cc(C)cc(OCC(=O)N2CCN(CC3COCCO3)CC2)c1. The van der Waals surface area contributed by atoms with Gasteiger partial charge in [-0.1, -0.05) is 6.07 Å². The van der Waals surface area contributed by atoms with Crippen LogP contribution in [0.5, 0.6) is 5.75 Å². The summed E-state index contributed by atoms with van der Waals surface area (Å²) in [4.78, 5) is 16.6. The Morgan fingerprint density at radius 2 is 1.84 bits per heavy atom. The number of nitrogens with zero attached hydrogens (tertiary/aromatic N) is 2. The Hall–Kier alpha value is -1.63. The molecule has 0 aliphatic carbocycles. The van der Waals surface area contributed by atoms with Gasteiger partial charge in [-0.2, -0.15) is 0 Å². The number of amides is 1. The Kier molecular flexibility index (Phi) is 6.29. The third-order valence-electron chi connectivity index (χ3n) is 4.63. The highest BCUT2D eigenvalue weighted by Gasteiger charge is 2.24. The minimum Gasteiger partial charge on any atom is -0.484 e. The summed E-state index contributed by atoms with van der Waals surface area (Å²) in [7, 11) is 0. The number of carbonyl (C=O) groups is 1. The summed E-state index contributed by atoms with van der Waals surface area (Å²) in [5.74, 6) is 0.815. The topological polar surface area (TPSA) is 51.2 Å². The maximum atomic E-state index is 12.4. The van der Waals surface area contributed by atoms with Crippen molar-refractivity contribution in [2.24, 2.45) is 0 Å². The molecule has 25 heavy (non-hydrogen) atoms. The van der Waals surface area contributed by atoms with Crippen molar-refractivity contribution in [2.45, 2.75) is 20.0 Å². The molecule has 2 saturated heterocycles. The second-order valence-electron chi connectivity index (χ2n) is 6.86. The molecule has 0 N–H and O–H groups in total. The molecule has 2 heterocycles. The molecule has 1 amide bonds. The fourth-order valence-electron chi connectivity index (χ4n) is 3.36. The quantitative estimate of drug-likeness (QED) is 0.801. The van der Waals surface area contributed by atoms with E-state index in [1.807, 2.05) is 30.9 Å². The Morgan fingerprint density at radius 1 is 1.12 bits per heavy atom. The molecule has 0 spiro atoms. The number of benzene rings is 1. The zero-order chi connectivity index (χ0) is 17.6. The molecule has 2 aliphatic heterocycles. The van der Waals surface area contributed by atoms with Crippen molar-refractivity contribution < 1.29 is 19.0 Å². The average Bonchev–Trinajstić information content (AvgIpc) is 2.60. The molecule has 0 bridgehead atoms. The molecule has 0 aromatic heterocycles. The van der Waals surface area contributed by atoms with E-state index in [-0.39, 0.29) is 18.6 Å². The number of hydrogen-bond acceptors (Lipinski definition) is 5. The Morgan fingerprint density at radius 3 is 2.48 bits per heavy atom. The number of aryl methyl sites for hydroxylation is 2. The van der Waals surface area contributed by atoms with Gasteiger partial charge in [-0.3, -0.25) is 9.69 Å². The minimum atomic E-state index is 0.0519. The molecule has 0 radical (unpaired) electrons. The third kappa shape index (κ3) is 5.42. The van der Waals surface area contributed by atoms with E-state index in [2.05, 4.69) is 11.0 Å². The first-order valence-corrected chi connectivity index (χ1v) is 9.01. The standard InChI is InChI=1S/C19H28N2O4/c1-15-9-16(2)11-17(10-15)25-14-19(22)21-5-3-20(4-6-21)12-18-13-23-7-8-24-18/h9-11,18H,3-8,12-14H2,1-2H3. The number of piperazine rings is 1. The van der Waals surface area contributed by atoms with E-state index in [0.717, 1.165) is 49.6 Å². The highest BCUT2D eigenvalue weighted by atomic mass is 16.6. The van der Waals surface area contributed by atoms with Gasteiger partial charge in [0, 0.05) is 32.7 Å². The molecule has 2 fully saturated rings. The van der Waals surface area contributed by atoms with E-state index in [0.29, 0.717) is 19.8 Å². The second kappa shape index (κ2) is 8.65. The van der Waals surface area contributed by atoms with Crippen LogP contribution in [0.1, 0.15) is 11.1 Å². The summed E-state index contributed by atoms with van der Waals surface area (Å²) in [5.41, 5.74) is 2.29. The third-order valence-corrected chi connectivity index (χ3v) is 4.63. The van der Waals surface area contributed by atoms with E-state index in [1.54, 1.807) is 0 Å². The van der Waals surface area contributed by atoms with Crippen molar-refractivity contribution in [3.8, 4) is 5.75 Å². The number of hydrogen-bond donors (Lipinski definition) is 0. The van der Waals surface area contributed by atoms with E-state index < -0.39 is 0 Å². The number of rotatable bonds is 5. The molecule has 2 aliphatic rings. The highest BCUT2D eigenvalue weighted by molar-refractivity contribution is 5.77. The van der Waals surface area contributed by atoms with Crippen LogP contribution < -0.4 is 4.74 Å². The van der Waals surface area contributed by atoms with Crippen molar-refractivity contribution in [1.82, 2.24) is 9.80 Å². The van der Waals surface area contributed by atoms with Crippen LogP contribution in [0.3, 0.4) is 0 Å². The van der Waals surface area contributed by atoms with Crippen molar-refractivity contribution in [3.63, 3.8) is 0 Å². The average molecular weight is 348 g/mol. The van der Waals surface area contributed by atoms with Crippen LogP contribution in [0.4, 0.5) is 0 Å². The smallest absolute Gasteiger partial charge is 0.260 e. The van der Waals surface area contributed by atoms with Crippen molar-refractivity contribution in [3.05, 3.63) is 29.3 Å². The lowest BCUT2D eigenvalue weighted by Crippen LogP contribution is -2.52. The van der Waals surface area contributed by atoms with Crippen molar-refractivity contribution in [2.75, 3.05) is 59.2 Å². The van der Waals surface area contributed by atoms with E-state index in [1.165, 1.54) is 0 Å². The lowest BCUT2D eigenvalue weighted by atomic mass is 10.1. The lowest BCUT2D eigenvalue weighted by Gasteiger charge is -2.37. The summed E-state index contributed by atoms with van der Waals surface area (Å²) < 4.78 is 16.8. The van der Waals surface area contributed by atoms with Crippen LogP contribution >= 0.6 is 0 Å². The molecular formula is C19H28N2O4. The largest absolute Gasteiger partial charge is 0.484 e. The van der Waals surface area contributed by atoms with E-state index in [9.17, 15) is 4.79 Å². The monoisotopic (exact) mass is 348 g/mol. The van der Waals surface area contributed by atoms with Gasteiger partial charge in [0.2, 0.25) is 0 Å². The molecule has 0 saturated carbocycles. The maximum Gasteiger partial charge on any atom is 0.260 e. The van der Waals surface area contributed by atoms with Gasteiger partial charge in [-0.05, 0) is 37.1 Å². The normalized spacial score (nSPS) is 22.0. The van der Waals surface area contributed by atoms with E-state index in [4.69, 9.17) is 14.2 Å². The molecule has 1 atom stereocenters. The van der Waals surface area contributed by atoms with Crippen LogP contribution in [0, 0.1) is 13.8 Å². The van der Waals surface area contributed by atoms with Gasteiger partial charge in [0.1, 0.15) is 5.75 Å². The number of carbonyl (C=O) groups excluding carboxylic acids is 1. The van der Waals surface area contributed by atoms with E-state index >= 15 is 0 Å². The summed E-state index contributed by atoms with van der Waals surface area (Å²) in [5, 5.41) is 0. The fourth-order valence-corrected chi connectivity index (χ4v) is 3.36. The summed E-state index contributed by atoms with van der Waals surface area (Å²) in [6.45, 7) is 10.3. The highest BCUT2D eigenvalue weighted by Crippen LogP contribution is 2.16. The molecule has 6 heteroatoms. The Balaban J connectivity index is 1.40. The van der Waals surface area contributed by atoms with Crippen molar-refractivity contribution >= 4 is 5.91 Å². The van der Waals surface area contributed by atoms with Gasteiger partial charge in [0.05, 0.1) is 25.9 Å². The Labute approximate surface area is 149 Å². The first kappa shape index (κ1) is 18.2. The summed E-state index contributed by atoms with van der Waals surface area (Å²) >= 11 is 0. The number of ether oxygens (including phenoxy) is 3. The molecule has 6 nitrogen and oxygen atoms in total. The van der Waals surface area contributed by atoms with Crippen molar-refractivity contribution in [1.29, 1.82) is 0 Å². The summed E-state index contributed by atoms with van der Waals surface area (Å²) in [6, 6.07) is 6.02. The molecule has 1 aromatic carbocycles. The van der Waals surface area contributed by atoms with Gasteiger partial charge in [0.25, 0.3) is 5.91 Å². The first-order chi connectivity index (χ1) is 12.1. The molecular weight excluding hydrogens is 320 g/mol. The second-order valence-corrected chi connectivity index (χ2v) is 6.86. The van der Waals surface area contributed by atoms with Gasteiger partial charge in [-0.15, -0.1) is 0 Å². The van der Waals surface area contributed by atoms with Crippen LogP contribution in [-0.2, 0) is 14.3 Å². The minimum absolute atomic E-state index is 0.0519. The fraction of sp³-hybridized carbons (Fsp3) is 0.632. The van der Waals surface area contributed by atoms with Crippen LogP contribution in [0.25, 0.3) is 0 Å². The van der Waals surface area contributed by atoms with Gasteiger partial charge >= 0.3 is 0 Å². The first-order valence-electron chi connectivity index (χ1n) is 9.01. The molecule has 1 aromatic rings. The predicted molar refractivity (Wildman–Crippen MR) is 95.0 cm³/mol. The molecule has 3 rings (SSSR count). The lowest BCUT2D eigenvalue weighted by molar-refractivity contribution is -0.136. The van der Waals surface area contributed by atoms with Gasteiger partial charge in [-0.25, -0.2) is 0 Å². The predicted octanol–water partition coefficient (Wildman–Crippen LogP) is 1.24. The van der Waals surface area contributed by atoms with Crippen LogP contribution in [-0.4, -0.2) is 81.0 Å².